The van der Waals surface area contributed by atoms with Gasteiger partial charge in [-0.15, -0.1) is 0 Å². The average molecular weight is 352 g/mol. The minimum Gasteiger partial charge on any atom is -0.465 e. The standard InChI is InChI=1S/C18H32N4O3/c1-12(19)10-14(18(24)25-2)17(20)22-9-8-15(16(23)11-22)21-13-6-4-3-5-7-13/h10,13,15-16,21,23H,3-9,11,19-20H2,1-2H3/b12-10-,17-14-/t15?,16-/m1/s1. The van der Waals surface area contributed by atoms with Crippen molar-refractivity contribution < 1.29 is 14.6 Å². The third kappa shape index (κ3) is 5.37. The molecule has 7 nitrogen and oxygen atoms in total. The lowest BCUT2D eigenvalue weighted by Gasteiger charge is -2.40. The van der Waals surface area contributed by atoms with Gasteiger partial charge in [-0.25, -0.2) is 4.79 Å². The molecule has 2 atom stereocenters. The first-order chi connectivity index (χ1) is 11.9. The van der Waals surface area contributed by atoms with Gasteiger partial charge in [0.25, 0.3) is 0 Å². The second-order valence-corrected chi connectivity index (χ2v) is 7.09. The van der Waals surface area contributed by atoms with E-state index in [0.29, 0.717) is 30.6 Å². The number of rotatable bonds is 5. The summed E-state index contributed by atoms with van der Waals surface area (Å²) in [5, 5.41) is 14.1. The first kappa shape index (κ1) is 19.6. The number of carbonyl (C=O) groups is 1. The Morgan fingerprint density at radius 1 is 1.24 bits per heavy atom. The maximum Gasteiger partial charge on any atom is 0.341 e. The molecule has 2 fully saturated rings. The average Bonchev–Trinajstić information content (AvgIpc) is 2.61. The van der Waals surface area contributed by atoms with Crippen molar-refractivity contribution in [1.82, 2.24) is 10.2 Å². The van der Waals surface area contributed by atoms with E-state index < -0.39 is 12.1 Å². The molecule has 0 aromatic carbocycles. The fourth-order valence-corrected chi connectivity index (χ4v) is 3.66. The van der Waals surface area contributed by atoms with Crippen molar-refractivity contribution in [3.63, 3.8) is 0 Å². The molecular weight excluding hydrogens is 320 g/mol. The van der Waals surface area contributed by atoms with Gasteiger partial charge in [0.15, 0.2) is 0 Å². The molecule has 0 radical (unpaired) electrons. The number of nitrogens with one attached hydrogen (secondary N) is 1. The summed E-state index contributed by atoms with van der Waals surface area (Å²) in [6.45, 7) is 2.74. The largest absolute Gasteiger partial charge is 0.465 e. The van der Waals surface area contributed by atoms with Gasteiger partial charge in [-0.05, 0) is 32.3 Å². The van der Waals surface area contributed by atoms with Crippen molar-refractivity contribution in [2.24, 2.45) is 11.5 Å². The van der Waals surface area contributed by atoms with Gasteiger partial charge in [0.05, 0.1) is 13.2 Å². The Bertz CT molecular complexity index is 522. The van der Waals surface area contributed by atoms with Crippen LogP contribution in [0.3, 0.4) is 0 Å². The van der Waals surface area contributed by atoms with Crippen LogP contribution in [-0.4, -0.2) is 54.4 Å². The Balaban J connectivity index is 2.03. The number of nitrogens with zero attached hydrogens (tertiary/aromatic N) is 1. The molecule has 2 rings (SSSR count). The number of allylic oxidation sites excluding steroid dienone is 1. The van der Waals surface area contributed by atoms with E-state index in [1.54, 1.807) is 6.92 Å². The molecule has 7 heteroatoms. The van der Waals surface area contributed by atoms with Crippen LogP contribution in [0.25, 0.3) is 0 Å². The number of aliphatic hydroxyl groups excluding tert-OH is 1. The van der Waals surface area contributed by atoms with Gasteiger partial charge in [-0.3, -0.25) is 0 Å². The predicted octanol–water partition coefficient (Wildman–Crippen LogP) is 0.550. The number of β-amino-alcohol motifs (C(OH)–C–C–N with tert-alkyl or cyclic N) is 1. The Hall–Kier alpha value is -1.73. The van der Waals surface area contributed by atoms with Crippen molar-refractivity contribution >= 4 is 5.97 Å². The zero-order chi connectivity index (χ0) is 18.4. The molecule has 142 valence electrons. The highest BCUT2D eigenvalue weighted by molar-refractivity contribution is 5.92. The van der Waals surface area contributed by atoms with Crippen LogP contribution in [0.1, 0.15) is 45.4 Å². The van der Waals surface area contributed by atoms with Crippen LogP contribution in [0, 0.1) is 0 Å². The van der Waals surface area contributed by atoms with Crippen molar-refractivity contribution in [1.29, 1.82) is 0 Å². The van der Waals surface area contributed by atoms with Crippen LogP contribution in [0.4, 0.5) is 0 Å². The third-order valence-corrected chi connectivity index (χ3v) is 5.03. The van der Waals surface area contributed by atoms with Gasteiger partial charge in [0, 0.05) is 30.9 Å². The lowest BCUT2D eigenvalue weighted by Crippen LogP contribution is -2.55. The number of methoxy groups -OCH3 is 1. The van der Waals surface area contributed by atoms with E-state index in [2.05, 4.69) is 5.32 Å². The van der Waals surface area contributed by atoms with Crippen molar-refractivity contribution in [3.05, 3.63) is 23.2 Å². The Kier molecular flexibility index (Phi) is 7.13. The molecule has 1 aliphatic heterocycles. The zero-order valence-electron chi connectivity index (χ0n) is 15.3. The lowest BCUT2D eigenvalue weighted by atomic mass is 9.92. The molecule has 25 heavy (non-hydrogen) atoms. The Labute approximate surface area is 150 Å². The highest BCUT2D eigenvalue weighted by atomic mass is 16.5. The van der Waals surface area contributed by atoms with Gasteiger partial charge in [-0.2, -0.15) is 0 Å². The second-order valence-electron chi connectivity index (χ2n) is 7.09. The van der Waals surface area contributed by atoms with Gasteiger partial charge in [-0.1, -0.05) is 19.3 Å². The molecule has 1 saturated carbocycles. The number of ether oxygens (including phenoxy) is 1. The van der Waals surface area contributed by atoms with E-state index in [9.17, 15) is 9.90 Å². The van der Waals surface area contributed by atoms with Gasteiger partial charge < -0.3 is 31.5 Å². The molecule has 2 aliphatic rings. The van der Waals surface area contributed by atoms with E-state index in [0.717, 1.165) is 6.42 Å². The second kappa shape index (κ2) is 9.10. The number of esters is 1. The van der Waals surface area contributed by atoms with Crippen molar-refractivity contribution in [2.45, 2.75) is 63.6 Å². The first-order valence-electron chi connectivity index (χ1n) is 9.13. The summed E-state index contributed by atoms with van der Waals surface area (Å²) < 4.78 is 4.80. The zero-order valence-corrected chi connectivity index (χ0v) is 15.3. The molecule has 0 aromatic heterocycles. The van der Waals surface area contributed by atoms with Crippen LogP contribution in [0.2, 0.25) is 0 Å². The number of hydrogen-bond donors (Lipinski definition) is 4. The van der Waals surface area contributed by atoms with E-state index in [-0.39, 0.29) is 11.6 Å². The number of likely N-dealkylation sites (tertiary alicyclic amines) is 1. The fraction of sp³-hybridized carbons (Fsp3) is 0.722. The molecule has 1 heterocycles. The topological polar surface area (TPSA) is 114 Å². The molecule has 0 bridgehead atoms. The molecule has 6 N–H and O–H groups in total. The smallest absolute Gasteiger partial charge is 0.341 e. The summed E-state index contributed by atoms with van der Waals surface area (Å²) in [6.07, 6.45) is 7.95. The van der Waals surface area contributed by atoms with E-state index in [1.807, 2.05) is 4.90 Å². The van der Waals surface area contributed by atoms with Crippen LogP contribution in [0.5, 0.6) is 0 Å². The van der Waals surface area contributed by atoms with Gasteiger partial charge >= 0.3 is 5.97 Å². The number of nitrogens with two attached hydrogens (primary N) is 2. The number of carbonyl (C=O) groups excluding carboxylic acids is 1. The van der Waals surface area contributed by atoms with Crippen LogP contribution >= 0.6 is 0 Å². The molecule has 1 unspecified atom stereocenters. The van der Waals surface area contributed by atoms with Crippen LogP contribution in [0.15, 0.2) is 23.2 Å². The Morgan fingerprint density at radius 2 is 1.92 bits per heavy atom. The summed E-state index contributed by atoms with van der Waals surface area (Å²) >= 11 is 0. The SMILES string of the molecule is COC(=O)C(/C=C(/C)N)=C(/N)N1CCC(NC2CCCCC2)[C@H](O)C1. The fourth-order valence-electron chi connectivity index (χ4n) is 3.66. The molecule has 1 aliphatic carbocycles. The predicted molar refractivity (Wildman–Crippen MR) is 97.2 cm³/mol. The minimum absolute atomic E-state index is 0.0699. The molecule has 1 saturated heterocycles. The molecule has 0 amide bonds. The van der Waals surface area contributed by atoms with E-state index in [1.165, 1.54) is 45.3 Å². The maximum atomic E-state index is 12.0. The summed E-state index contributed by atoms with van der Waals surface area (Å²) in [7, 11) is 1.31. The summed E-state index contributed by atoms with van der Waals surface area (Å²) in [5.74, 6) is -0.230. The van der Waals surface area contributed by atoms with Crippen molar-refractivity contribution in [3.8, 4) is 0 Å². The van der Waals surface area contributed by atoms with E-state index >= 15 is 0 Å². The third-order valence-electron chi connectivity index (χ3n) is 5.03. The summed E-state index contributed by atoms with van der Waals surface area (Å²) in [4.78, 5) is 13.8. The van der Waals surface area contributed by atoms with Crippen LogP contribution in [-0.2, 0) is 9.53 Å². The highest BCUT2D eigenvalue weighted by Crippen LogP contribution is 2.22. The number of piperidine rings is 1. The summed E-state index contributed by atoms with van der Waals surface area (Å²) in [5.41, 5.74) is 12.6. The highest BCUT2D eigenvalue weighted by Gasteiger charge is 2.31. The molecule has 0 aromatic rings. The number of aliphatic hydroxyl groups is 1. The molecular formula is C18H32N4O3. The maximum absolute atomic E-state index is 12.0. The summed E-state index contributed by atoms with van der Waals surface area (Å²) in [6, 6.07) is 0.571. The van der Waals surface area contributed by atoms with Gasteiger partial charge in [0.2, 0.25) is 0 Å². The monoisotopic (exact) mass is 352 g/mol. The van der Waals surface area contributed by atoms with Gasteiger partial charge in [0.1, 0.15) is 11.4 Å². The van der Waals surface area contributed by atoms with E-state index in [4.69, 9.17) is 16.2 Å². The first-order valence-corrected chi connectivity index (χ1v) is 9.13. The minimum atomic E-state index is -0.531. The quantitative estimate of drug-likeness (QED) is 0.324. The molecule has 0 spiro atoms. The Morgan fingerprint density at radius 3 is 2.48 bits per heavy atom. The lowest BCUT2D eigenvalue weighted by molar-refractivity contribution is -0.135. The number of hydrogen-bond acceptors (Lipinski definition) is 7. The normalized spacial score (nSPS) is 27.0. The van der Waals surface area contributed by atoms with Crippen LogP contribution < -0.4 is 16.8 Å². The van der Waals surface area contributed by atoms with Crippen molar-refractivity contribution in [2.75, 3.05) is 20.2 Å².